The molecule has 0 saturated heterocycles. The number of carbonyl (C=O) groups is 1. The molecule has 0 aromatic rings. The molecule has 2 heteroatoms. The van der Waals surface area contributed by atoms with Crippen LogP contribution in [0.2, 0.25) is 0 Å². The number of rotatable bonds is 24. The van der Waals surface area contributed by atoms with Crippen molar-refractivity contribution in [3.05, 3.63) is 24.3 Å². The molecule has 0 aromatic carbocycles. The van der Waals surface area contributed by atoms with E-state index in [4.69, 9.17) is 5.11 Å². The van der Waals surface area contributed by atoms with Crippen LogP contribution in [0.5, 0.6) is 0 Å². The fourth-order valence-electron chi connectivity index (χ4n) is 3.94. The first-order valence-corrected chi connectivity index (χ1v) is 13.7. The summed E-state index contributed by atoms with van der Waals surface area (Å²) >= 11 is 0. The summed E-state index contributed by atoms with van der Waals surface area (Å²) in [5.41, 5.74) is 0. The van der Waals surface area contributed by atoms with E-state index in [2.05, 4.69) is 31.2 Å². The Labute approximate surface area is 195 Å². The van der Waals surface area contributed by atoms with Crippen LogP contribution in [-0.4, -0.2) is 11.1 Å². The van der Waals surface area contributed by atoms with Crippen LogP contribution in [-0.2, 0) is 4.79 Å². The van der Waals surface area contributed by atoms with E-state index in [1.54, 1.807) is 6.92 Å². The van der Waals surface area contributed by atoms with Gasteiger partial charge in [0.1, 0.15) is 0 Å². The van der Waals surface area contributed by atoms with Crippen molar-refractivity contribution in [2.24, 2.45) is 5.92 Å². The van der Waals surface area contributed by atoms with Crippen LogP contribution in [0.1, 0.15) is 149 Å². The molecule has 0 spiro atoms. The number of allylic oxidation sites excluding steroid dienone is 4. The summed E-state index contributed by atoms with van der Waals surface area (Å²) < 4.78 is 0. The minimum Gasteiger partial charge on any atom is -0.481 e. The van der Waals surface area contributed by atoms with Gasteiger partial charge in [0, 0.05) is 0 Å². The van der Waals surface area contributed by atoms with Gasteiger partial charge in [-0.05, 0) is 38.5 Å². The summed E-state index contributed by atoms with van der Waals surface area (Å²) in [5, 5.41) is 8.83. The van der Waals surface area contributed by atoms with E-state index in [0.717, 1.165) is 25.7 Å². The normalized spacial score (nSPS) is 12.8. The molecule has 0 fully saturated rings. The lowest BCUT2D eigenvalue weighted by molar-refractivity contribution is -0.141. The van der Waals surface area contributed by atoms with Crippen LogP contribution in [0.25, 0.3) is 0 Å². The van der Waals surface area contributed by atoms with Crippen molar-refractivity contribution in [2.45, 2.75) is 149 Å². The highest BCUT2D eigenvalue weighted by molar-refractivity contribution is 5.69. The number of unbranched alkanes of at least 4 members (excludes halogenated alkanes) is 17. The Balaban J connectivity index is 3.18. The van der Waals surface area contributed by atoms with E-state index >= 15 is 0 Å². The molecule has 0 saturated carbocycles. The average molecular weight is 435 g/mol. The van der Waals surface area contributed by atoms with Gasteiger partial charge in [0.15, 0.2) is 0 Å². The monoisotopic (exact) mass is 434 g/mol. The second kappa shape index (κ2) is 25.2. The first kappa shape index (κ1) is 29.9. The van der Waals surface area contributed by atoms with Gasteiger partial charge in [-0.25, -0.2) is 0 Å². The number of hydrogen-bond donors (Lipinski definition) is 1. The quantitative estimate of drug-likeness (QED) is 0.121. The summed E-state index contributed by atoms with van der Waals surface area (Å²) in [6, 6.07) is 0. The summed E-state index contributed by atoms with van der Waals surface area (Å²) in [4.78, 5) is 10.7. The van der Waals surface area contributed by atoms with Crippen molar-refractivity contribution in [3.63, 3.8) is 0 Å². The highest BCUT2D eigenvalue weighted by Gasteiger charge is 2.08. The molecule has 0 rings (SSSR count). The molecular weight excluding hydrogens is 380 g/mol. The SMILES string of the molecule is CCCCCCCCCCCCCCCCCCC=CCCC=CCCC(C)C(=O)O. The molecule has 1 atom stereocenters. The van der Waals surface area contributed by atoms with E-state index in [9.17, 15) is 4.79 Å². The summed E-state index contributed by atoms with van der Waals surface area (Å²) in [6.45, 7) is 4.07. The smallest absolute Gasteiger partial charge is 0.306 e. The Bertz CT molecular complexity index is 424. The molecule has 2 nitrogen and oxygen atoms in total. The van der Waals surface area contributed by atoms with Crippen LogP contribution in [0.4, 0.5) is 0 Å². The number of hydrogen-bond acceptors (Lipinski definition) is 1. The Morgan fingerprint density at radius 2 is 0.935 bits per heavy atom. The van der Waals surface area contributed by atoms with Crippen molar-refractivity contribution in [2.75, 3.05) is 0 Å². The Hall–Kier alpha value is -1.05. The zero-order valence-electron chi connectivity index (χ0n) is 21.1. The molecule has 0 aliphatic heterocycles. The minimum atomic E-state index is -0.689. The standard InChI is InChI=1S/C29H54O2/c1-3-4-5-6-7-8-9-10-11-12-13-14-15-16-17-18-19-20-21-22-23-24-25-26-27-28(2)29(30)31/h20-21,24-25,28H,3-19,22-23,26-27H2,1-2H3,(H,30,31). The van der Waals surface area contributed by atoms with Crippen LogP contribution in [0.15, 0.2) is 24.3 Å². The topological polar surface area (TPSA) is 37.3 Å². The lowest BCUT2D eigenvalue weighted by atomic mass is 10.0. The first-order chi connectivity index (χ1) is 15.2. The van der Waals surface area contributed by atoms with Crippen molar-refractivity contribution in [1.82, 2.24) is 0 Å². The van der Waals surface area contributed by atoms with Gasteiger partial charge in [-0.1, -0.05) is 134 Å². The van der Waals surface area contributed by atoms with Gasteiger partial charge in [0.2, 0.25) is 0 Å². The van der Waals surface area contributed by atoms with Crippen molar-refractivity contribution >= 4 is 5.97 Å². The predicted octanol–water partition coefficient (Wildman–Crippen LogP) is 10.0. The third-order valence-corrected chi connectivity index (χ3v) is 6.25. The third-order valence-electron chi connectivity index (χ3n) is 6.25. The number of carboxylic acid groups (broad SMARTS) is 1. The molecule has 1 unspecified atom stereocenters. The van der Waals surface area contributed by atoms with Gasteiger partial charge >= 0.3 is 5.97 Å². The van der Waals surface area contributed by atoms with Gasteiger partial charge < -0.3 is 5.11 Å². The molecule has 0 aliphatic rings. The van der Waals surface area contributed by atoms with Crippen LogP contribution in [0.3, 0.4) is 0 Å². The van der Waals surface area contributed by atoms with Crippen molar-refractivity contribution < 1.29 is 9.90 Å². The van der Waals surface area contributed by atoms with E-state index in [1.165, 1.54) is 109 Å². The lowest BCUT2D eigenvalue weighted by Crippen LogP contribution is -2.08. The molecule has 0 aliphatic carbocycles. The van der Waals surface area contributed by atoms with Crippen LogP contribution < -0.4 is 0 Å². The minimum absolute atomic E-state index is 0.232. The van der Waals surface area contributed by atoms with Crippen molar-refractivity contribution in [3.8, 4) is 0 Å². The summed E-state index contributed by atoms with van der Waals surface area (Å²) in [5.74, 6) is -0.922. The highest BCUT2D eigenvalue weighted by atomic mass is 16.4. The second-order valence-corrected chi connectivity index (χ2v) is 9.43. The molecule has 31 heavy (non-hydrogen) atoms. The molecule has 0 radical (unpaired) electrons. The van der Waals surface area contributed by atoms with Gasteiger partial charge in [-0.2, -0.15) is 0 Å². The zero-order chi connectivity index (χ0) is 22.8. The lowest BCUT2D eigenvalue weighted by Gasteiger charge is -2.03. The predicted molar refractivity (Wildman–Crippen MR) is 138 cm³/mol. The Morgan fingerprint density at radius 1 is 0.581 bits per heavy atom. The summed E-state index contributed by atoms with van der Waals surface area (Å²) in [7, 11) is 0. The Kier molecular flexibility index (Phi) is 24.4. The van der Waals surface area contributed by atoms with Crippen LogP contribution in [0, 0.1) is 5.92 Å². The molecule has 0 heterocycles. The van der Waals surface area contributed by atoms with Crippen LogP contribution >= 0.6 is 0 Å². The summed E-state index contributed by atoms with van der Waals surface area (Å²) in [6.07, 6.45) is 36.8. The van der Waals surface area contributed by atoms with Crippen molar-refractivity contribution in [1.29, 1.82) is 0 Å². The maximum atomic E-state index is 10.7. The maximum Gasteiger partial charge on any atom is 0.306 e. The van der Waals surface area contributed by atoms with E-state index in [1.807, 2.05) is 0 Å². The molecule has 0 bridgehead atoms. The molecule has 182 valence electrons. The van der Waals surface area contributed by atoms with E-state index in [0.29, 0.717) is 0 Å². The third kappa shape index (κ3) is 25.1. The van der Waals surface area contributed by atoms with Gasteiger partial charge in [0.05, 0.1) is 5.92 Å². The van der Waals surface area contributed by atoms with Gasteiger partial charge in [-0.15, -0.1) is 0 Å². The molecule has 0 aromatic heterocycles. The fourth-order valence-corrected chi connectivity index (χ4v) is 3.94. The molecule has 1 N–H and O–H groups in total. The zero-order valence-corrected chi connectivity index (χ0v) is 21.1. The molecule has 0 amide bonds. The Morgan fingerprint density at radius 3 is 1.35 bits per heavy atom. The van der Waals surface area contributed by atoms with Gasteiger partial charge in [0.25, 0.3) is 0 Å². The first-order valence-electron chi connectivity index (χ1n) is 13.7. The molecular formula is C29H54O2. The average Bonchev–Trinajstić information content (AvgIpc) is 2.76. The highest BCUT2D eigenvalue weighted by Crippen LogP contribution is 2.14. The fraction of sp³-hybridized carbons (Fsp3) is 0.828. The largest absolute Gasteiger partial charge is 0.481 e. The van der Waals surface area contributed by atoms with Gasteiger partial charge in [-0.3, -0.25) is 4.79 Å². The van der Waals surface area contributed by atoms with E-state index in [-0.39, 0.29) is 5.92 Å². The second-order valence-electron chi connectivity index (χ2n) is 9.43. The number of aliphatic carboxylic acids is 1. The maximum absolute atomic E-state index is 10.7. The van der Waals surface area contributed by atoms with E-state index < -0.39 is 5.97 Å². The number of carboxylic acids is 1.